The van der Waals surface area contributed by atoms with Crippen LogP contribution in [0.15, 0.2) is 35.3 Å². The molecule has 1 amide bonds. The molecule has 5 nitrogen and oxygen atoms in total. The highest BCUT2D eigenvalue weighted by Crippen LogP contribution is 2.48. The number of nitrogens with zero attached hydrogens (tertiary/aromatic N) is 3. The number of hydrogen-bond donors (Lipinski definition) is 1. The molecule has 136 valence electrons. The van der Waals surface area contributed by atoms with Crippen molar-refractivity contribution in [3.63, 3.8) is 0 Å². The Morgan fingerprint density at radius 3 is 2.74 bits per heavy atom. The van der Waals surface area contributed by atoms with Crippen molar-refractivity contribution in [2.24, 2.45) is 4.99 Å². The average Bonchev–Trinajstić information content (AvgIpc) is 3.04. The second-order valence-electron chi connectivity index (χ2n) is 6.47. The van der Waals surface area contributed by atoms with E-state index < -0.39 is 23.2 Å². The van der Waals surface area contributed by atoms with E-state index >= 15 is 0 Å². The third-order valence-electron chi connectivity index (χ3n) is 5.19. The Hall–Kier alpha value is -3.21. The van der Waals surface area contributed by atoms with Crippen LogP contribution in [0.2, 0.25) is 0 Å². The van der Waals surface area contributed by atoms with Crippen LogP contribution in [0.3, 0.4) is 0 Å². The summed E-state index contributed by atoms with van der Waals surface area (Å²) in [7, 11) is 1.45. The molecule has 0 bridgehead atoms. The molecule has 0 saturated heterocycles. The molecule has 0 radical (unpaired) electrons. The lowest BCUT2D eigenvalue weighted by molar-refractivity contribution is -0.141. The summed E-state index contributed by atoms with van der Waals surface area (Å²) >= 11 is 0. The molecule has 2 aliphatic rings. The van der Waals surface area contributed by atoms with Crippen molar-refractivity contribution in [3.05, 3.63) is 64.0 Å². The Labute approximate surface area is 152 Å². The standard InChI is InChI=1S/C19H13F3N4O/c1-24-16-12-5-6-14(19(20,21)22)25-15(12)18(17(27)26-16)8-7-11-10(9-23)3-2-4-13(11)18/h2-6H,7-8H2,1H3,(H,24,26,27)/t18-/m0/s1. The largest absolute Gasteiger partial charge is 0.433 e. The van der Waals surface area contributed by atoms with Crippen molar-refractivity contribution in [2.75, 3.05) is 7.05 Å². The number of alkyl halides is 3. The number of rotatable bonds is 0. The van der Waals surface area contributed by atoms with Crippen LogP contribution in [0.4, 0.5) is 13.2 Å². The molecule has 8 heteroatoms. The van der Waals surface area contributed by atoms with Crippen molar-refractivity contribution >= 4 is 11.7 Å². The first-order valence-corrected chi connectivity index (χ1v) is 8.22. The van der Waals surface area contributed by atoms with Gasteiger partial charge in [-0.1, -0.05) is 12.1 Å². The van der Waals surface area contributed by atoms with Gasteiger partial charge in [-0.25, -0.2) is 4.98 Å². The minimum Gasteiger partial charge on any atom is -0.309 e. The number of hydrogen-bond acceptors (Lipinski definition) is 4. The Morgan fingerprint density at radius 2 is 2.07 bits per heavy atom. The summed E-state index contributed by atoms with van der Waals surface area (Å²) in [5.41, 5.74) is -0.404. The number of halogens is 3. The number of benzene rings is 1. The molecule has 0 fully saturated rings. The Balaban J connectivity index is 2.06. The van der Waals surface area contributed by atoms with Crippen LogP contribution >= 0.6 is 0 Å². The number of aliphatic imine (C=N–C) groups is 1. The summed E-state index contributed by atoms with van der Waals surface area (Å²) in [6.45, 7) is 0. The van der Waals surface area contributed by atoms with Gasteiger partial charge in [0.15, 0.2) is 0 Å². The number of amides is 1. The molecule has 4 rings (SSSR count). The molecule has 1 aromatic carbocycles. The fraction of sp³-hybridized carbons (Fsp3) is 0.263. The van der Waals surface area contributed by atoms with Gasteiger partial charge in [-0.05, 0) is 42.2 Å². The van der Waals surface area contributed by atoms with E-state index in [2.05, 4.69) is 21.4 Å². The number of fused-ring (bicyclic) bond motifs is 4. The maximum Gasteiger partial charge on any atom is 0.433 e. The van der Waals surface area contributed by atoms with Gasteiger partial charge in [0.25, 0.3) is 0 Å². The van der Waals surface area contributed by atoms with Gasteiger partial charge < -0.3 is 5.32 Å². The molecule has 27 heavy (non-hydrogen) atoms. The fourth-order valence-corrected chi connectivity index (χ4v) is 3.99. The summed E-state index contributed by atoms with van der Waals surface area (Å²) in [5, 5.41) is 12.0. The van der Waals surface area contributed by atoms with E-state index in [0.717, 1.165) is 6.07 Å². The van der Waals surface area contributed by atoms with Crippen LogP contribution in [0.5, 0.6) is 0 Å². The van der Waals surface area contributed by atoms with Gasteiger partial charge in [0, 0.05) is 12.6 Å². The molecule has 2 aromatic rings. The van der Waals surface area contributed by atoms with Gasteiger partial charge in [-0.3, -0.25) is 9.79 Å². The lowest BCUT2D eigenvalue weighted by atomic mass is 9.73. The van der Waals surface area contributed by atoms with Crippen molar-refractivity contribution in [1.82, 2.24) is 10.3 Å². The number of amidine groups is 1. The van der Waals surface area contributed by atoms with E-state index in [-0.39, 0.29) is 18.0 Å². The van der Waals surface area contributed by atoms with Gasteiger partial charge >= 0.3 is 6.18 Å². The van der Waals surface area contributed by atoms with Crippen LogP contribution in [0, 0.1) is 11.3 Å². The minimum absolute atomic E-state index is 0.0375. The fourth-order valence-electron chi connectivity index (χ4n) is 3.99. The highest BCUT2D eigenvalue weighted by atomic mass is 19.4. The molecule has 0 unspecified atom stereocenters. The molecule has 0 saturated carbocycles. The molecule has 1 N–H and O–H groups in total. The van der Waals surface area contributed by atoms with E-state index in [1.165, 1.54) is 13.1 Å². The summed E-state index contributed by atoms with van der Waals surface area (Å²) in [4.78, 5) is 20.9. The lowest BCUT2D eigenvalue weighted by Crippen LogP contribution is -2.52. The Bertz CT molecular complexity index is 1050. The summed E-state index contributed by atoms with van der Waals surface area (Å²) in [5.74, 6) is -0.289. The lowest BCUT2D eigenvalue weighted by Gasteiger charge is -2.35. The molecule has 2 heterocycles. The second kappa shape index (κ2) is 5.64. The normalized spacial score (nSPS) is 22.3. The van der Waals surface area contributed by atoms with Gasteiger partial charge in [-0.15, -0.1) is 0 Å². The van der Waals surface area contributed by atoms with E-state index in [0.29, 0.717) is 28.7 Å². The zero-order valence-corrected chi connectivity index (χ0v) is 14.2. The highest BCUT2D eigenvalue weighted by Gasteiger charge is 2.53. The third-order valence-corrected chi connectivity index (χ3v) is 5.19. The van der Waals surface area contributed by atoms with Gasteiger partial charge in [0.1, 0.15) is 16.9 Å². The highest BCUT2D eigenvalue weighted by molar-refractivity contribution is 6.16. The first-order valence-electron chi connectivity index (χ1n) is 8.22. The zero-order valence-electron chi connectivity index (χ0n) is 14.2. The van der Waals surface area contributed by atoms with Crippen molar-refractivity contribution in [1.29, 1.82) is 5.26 Å². The van der Waals surface area contributed by atoms with Gasteiger partial charge in [-0.2, -0.15) is 18.4 Å². The molecule has 1 aromatic heterocycles. The van der Waals surface area contributed by atoms with Crippen molar-refractivity contribution < 1.29 is 18.0 Å². The zero-order chi connectivity index (χ0) is 19.4. The number of carbonyl (C=O) groups excluding carboxylic acids is 1. The number of carbonyl (C=O) groups is 1. The topological polar surface area (TPSA) is 78.1 Å². The van der Waals surface area contributed by atoms with E-state index in [1.807, 2.05) is 0 Å². The van der Waals surface area contributed by atoms with Crippen molar-refractivity contribution in [3.8, 4) is 6.07 Å². The summed E-state index contributed by atoms with van der Waals surface area (Å²) < 4.78 is 39.9. The predicted molar refractivity (Wildman–Crippen MR) is 90.1 cm³/mol. The molecule has 1 aliphatic carbocycles. The predicted octanol–water partition coefficient (Wildman–Crippen LogP) is 2.71. The second-order valence-corrected chi connectivity index (χ2v) is 6.47. The van der Waals surface area contributed by atoms with Crippen molar-refractivity contribution in [2.45, 2.75) is 24.4 Å². The van der Waals surface area contributed by atoms with E-state index in [9.17, 15) is 23.2 Å². The number of nitrogens with one attached hydrogen (secondary N) is 1. The molecular formula is C19H13F3N4O. The third kappa shape index (κ3) is 2.28. The van der Waals surface area contributed by atoms with Crippen LogP contribution in [-0.2, 0) is 22.8 Å². The Morgan fingerprint density at radius 1 is 1.30 bits per heavy atom. The van der Waals surface area contributed by atoms with Crippen LogP contribution in [0.25, 0.3) is 0 Å². The average molecular weight is 370 g/mol. The quantitative estimate of drug-likeness (QED) is 0.775. The molecule has 1 atom stereocenters. The maximum absolute atomic E-state index is 13.3. The van der Waals surface area contributed by atoms with Gasteiger partial charge in [0.2, 0.25) is 5.91 Å². The molecule has 1 spiro atoms. The summed E-state index contributed by atoms with van der Waals surface area (Å²) in [6.07, 6.45) is -3.99. The van der Waals surface area contributed by atoms with Crippen LogP contribution < -0.4 is 5.32 Å². The summed E-state index contributed by atoms with van der Waals surface area (Å²) in [6, 6.07) is 9.22. The SMILES string of the molecule is CN=C1NC(=O)[C@]2(CCc3c(C#N)cccc32)c2nc(C(F)(F)F)ccc21. The number of pyridine rings is 1. The number of nitriles is 1. The van der Waals surface area contributed by atoms with Crippen LogP contribution in [-0.4, -0.2) is 23.8 Å². The molecular weight excluding hydrogens is 357 g/mol. The van der Waals surface area contributed by atoms with Crippen LogP contribution in [0.1, 0.15) is 40.1 Å². The number of aromatic nitrogens is 1. The first kappa shape index (κ1) is 17.2. The first-order chi connectivity index (χ1) is 12.8. The monoisotopic (exact) mass is 370 g/mol. The van der Waals surface area contributed by atoms with Gasteiger partial charge in [0.05, 0.1) is 17.3 Å². The molecule has 1 aliphatic heterocycles. The smallest absolute Gasteiger partial charge is 0.309 e. The Kier molecular flexibility index (Phi) is 3.60. The maximum atomic E-state index is 13.3. The van der Waals surface area contributed by atoms with E-state index in [1.54, 1.807) is 18.2 Å². The van der Waals surface area contributed by atoms with E-state index in [4.69, 9.17) is 0 Å². The minimum atomic E-state index is -4.64.